The number of nitrogens with zero attached hydrogens (tertiary/aromatic N) is 1. The molecule has 0 spiro atoms. The molecule has 0 saturated heterocycles. The molecule has 0 aliphatic heterocycles. The first-order valence-corrected chi connectivity index (χ1v) is 15.9. The van der Waals surface area contributed by atoms with Gasteiger partial charge in [-0.2, -0.15) is 4.31 Å². The predicted molar refractivity (Wildman–Crippen MR) is 156 cm³/mol. The van der Waals surface area contributed by atoms with Crippen molar-refractivity contribution in [3.8, 4) is 5.75 Å². The van der Waals surface area contributed by atoms with E-state index in [1.807, 2.05) is 37.3 Å². The first-order valence-electron chi connectivity index (χ1n) is 14.4. The van der Waals surface area contributed by atoms with E-state index in [4.69, 9.17) is 10.5 Å². The van der Waals surface area contributed by atoms with Crippen LogP contribution in [0.25, 0.3) is 0 Å². The van der Waals surface area contributed by atoms with Crippen molar-refractivity contribution in [1.82, 2.24) is 4.31 Å². The molecule has 0 aromatic heterocycles. The van der Waals surface area contributed by atoms with Gasteiger partial charge in [0.25, 0.3) is 0 Å². The maximum absolute atomic E-state index is 13.7. The zero-order valence-electron chi connectivity index (χ0n) is 23.5. The lowest BCUT2D eigenvalue weighted by Crippen LogP contribution is -2.34. The maximum Gasteiger partial charge on any atom is 0.243 e. The molecule has 2 aromatic rings. The minimum atomic E-state index is -3.72. The van der Waals surface area contributed by atoms with E-state index in [1.54, 1.807) is 16.4 Å². The number of anilines is 1. The van der Waals surface area contributed by atoms with Gasteiger partial charge in [-0.1, -0.05) is 121 Å². The number of hydrogen-bond donors (Lipinski definition) is 1. The molecule has 37 heavy (non-hydrogen) atoms. The number of sulfonamides is 1. The lowest BCUT2D eigenvalue weighted by Gasteiger charge is -2.29. The van der Waals surface area contributed by atoms with Crippen molar-refractivity contribution in [3.05, 3.63) is 54.1 Å². The standard InChI is InChI=1S/C31H50N2O3S/c1-4-5-6-7-8-9-10-11-12-13-14-15-16-20-25-33(27(2)28-21-18-17-19-22-28)37(34,35)29-23-24-31(36-3)30(32)26-29/h17-19,21-24,26-27H,4-16,20,25,32H2,1-3H3/t27-/m0/s1. The normalized spacial score (nSPS) is 12.6. The van der Waals surface area contributed by atoms with Gasteiger partial charge in [-0.05, 0) is 37.1 Å². The van der Waals surface area contributed by atoms with Crippen molar-refractivity contribution >= 4 is 15.7 Å². The summed E-state index contributed by atoms with van der Waals surface area (Å²) < 4.78 is 34.2. The summed E-state index contributed by atoms with van der Waals surface area (Å²) in [5, 5.41) is 0. The third-order valence-corrected chi connectivity index (χ3v) is 9.22. The predicted octanol–water partition coefficient (Wildman–Crippen LogP) is 8.51. The number of hydrogen-bond acceptors (Lipinski definition) is 4. The Morgan fingerprint density at radius 3 is 1.78 bits per heavy atom. The zero-order valence-corrected chi connectivity index (χ0v) is 24.3. The Bertz CT molecular complexity index is 979. The van der Waals surface area contributed by atoms with Crippen molar-refractivity contribution in [2.24, 2.45) is 0 Å². The Labute approximate surface area is 226 Å². The SMILES string of the molecule is CCCCCCCCCCCCCCCCN([C@@H](C)c1ccccc1)S(=O)(=O)c1ccc(OC)c(N)c1. The molecule has 2 aromatic carbocycles. The molecule has 6 heteroatoms. The van der Waals surface area contributed by atoms with E-state index in [-0.39, 0.29) is 10.9 Å². The van der Waals surface area contributed by atoms with Crippen molar-refractivity contribution < 1.29 is 13.2 Å². The molecular weight excluding hydrogens is 480 g/mol. The fraction of sp³-hybridized carbons (Fsp3) is 0.613. The molecule has 0 heterocycles. The molecule has 0 aliphatic rings. The topological polar surface area (TPSA) is 72.6 Å². The summed E-state index contributed by atoms with van der Waals surface area (Å²) in [7, 11) is -2.19. The fourth-order valence-electron chi connectivity index (χ4n) is 4.89. The van der Waals surface area contributed by atoms with Gasteiger partial charge < -0.3 is 10.5 Å². The number of methoxy groups -OCH3 is 1. The summed E-state index contributed by atoms with van der Waals surface area (Å²) in [6, 6.07) is 14.3. The highest BCUT2D eigenvalue weighted by Crippen LogP contribution is 2.31. The number of nitrogens with two attached hydrogens (primary N) is 1. The highest BCUT2D eigenvalue weighted by atomic mass is 32.2. The van der Waals surface area contributed by atoms with Crippen LogP contribution in [0.1, 0.15) is 115 Å². The van der Waals surface area contributed by atoms with Crippen LogP contribution in [0.15, 0.2) is 53.4 Å². The summed E-state index contributed by atoms with van der Waals surface area (Å²) >= 11 is 0. The van der Waals surface area contributed by atoms with E-state index in [2.05, 4.69) is 6.92 Å². The van der Waals surface area contributed by atoms with Crippen LogP contribution in [-0.2, 0) is 10.0 Å². The van der Waals surface area contributed by atoms with E-state index >= 15 is 0 Å². The first-order chi connectivity index (χ1) is 17.9. The van der Waals surface area contributed by atoms with E-state index in [0.29, 0.717) is 18.0 Å². The fourth-order valence-corrected chi connectivity index (χ4v) is 6.58. The van der Waals surface area contributed by atoms with Gasteiger partial charge in [-0.3, -0.25) is 0 Å². The van der Waals surface area contributed by atoms with Crippen LogP contribution in [0.4, 0.5) is 5.69 Å². The third kappa shape index (κ3) is 10.7. The number of rotatable bonds is 20. The van der Waals surface area contributed by atoms with Crippen LogP contribution < -0.4 is 10.5 Å². The van der Waals surface area contributed by atoms with Crippen LogP contribution in [0.2, 0.25) is 0 Å². The van der Waals surface area contributed by atoms with Gasteiger partial charge in [-0.15, -0.1) is 0 Å². The van der Waals surface area contributed by atoms with Crippen molar-refractivity contribution in [3.63, 3.8) is 0 Å². The van der Waals surface area contributed by atoms with Crippen molar-refractivity contribution in [2.45, 2.75) is 115 Å². The smallest absolute Gasteiger partial charge is 0.243 e. The van der Waals surface area contributed by atoms with E-state index < -0.39 is 10.0 Å². The third-order valence-electron chi connectivity index (χ3n) is 7.25. The van der Waals surface area contributed by atoms with E-state index in [0.717, 1.165) is 24.8 Å². The van der Waals surface area contributed by atoms with Crippen LogP contribution in [0, 0.1) is 0 Å². The van der Waals surface area contributed by atoms with Crippen LogP contribution >= 0.6 is 0 Å². The molecule has 5 nitrogen and oxygen atoms in total. The summed E-state index contributed by atoms with van der Waals surface area (Å²) in [6.45, 7) is 4.72. The Kier molecular flexibility index (Phi) is 14.7. The molecule has 0 aliphatic carbocycles. The van der Waals surface area contributed by atoms with Gasteiger partial charge in [0.2, 0.25) is 10.0 Å². The first kappa shape index (κ1) is 31.2. The molecule has 0 saturated carbocycles. The van der Waals surface area contributed by atoms with Crippen LogP contribution in [0.3, 0.4) is 0 Å². The molecule has 2 rings (SSSR count). The minimum Gasteiger partial charge on any atom is -0.495 e. The molecule has 0 fully saturated rings. The van der Waals surface area contributed by atoms with E-state index in [1.165, 1.54) is 83.8 Å². The Morgan fingerprint density at radius 2 is 1.30 bits per heavy atom. The average Bonchev–Trinajstić information content (AvgIpc) is 2.91. The van der Waals surface area contributed by atoms with Crippen molar-refractivity contribution in [1.29, 1.82) is 0 Å². The summed E-state index contributed by atoms with van der Waals surface area (Å²) in [5.41, 5.74) is 7.35. The quantitative estimate of drug-likeness (QED) is 0.138. The second kappa shape index (κ2) is 17.5. The number of benzene rings is 2. The van der Waals surface area contributed by atoms with Gasteiger partial charge in [0.15, 0.2) is 0 Å². The molecule has 0 radical (unpaired) electrons. The lowest BCUT2D eigenvalue weighted by atomic mass is 10.0. The largest absolute Gasteiger partial charge is 0.495 e. The minimum absolute atomic E-state index is 0.207. The molecule has 2 N–H and O–H groups in total. The maximum atomic E-state index is 13.7. The van der Waals surface area contributed by atoms with Gasteiger partial charge >= 0.3 is 0 Å². The highest BCUT2D eigenvalue weighted by molar-refractivity contribution is 7.89. The van der Waals surface area contributed by atoms with Gasteiger partial charge in [0.05, 0.1) is 17.7 Å². The van der Waals surface area contributed by atoms with Gasteiger partial charge in [-0.25, -0.2) is 8.42 Å². The summed E-state index contributed by atoms with van der Waals surface area (Å²) in [4.78, 5) is 0.207. The number of ether oxygens (including phenoxy) is 1. The highest BCUT2D eigenvalue weighted by Gasteiger charge is 2.30. The van der Waals surface area contributed by atoms with Crippen LogP contribution in [-0.4, -0.2) is 26.4 Å². The Balaban J connectivity index is 1.83. The van der Waals surface area contributed by atoms with Gasteiger partial charge in [0, 0.05) is 12.6 Å². The van der Waals surface area contributed by atoms with Crippen LogP contribution in [0.5, 0.6) is 5.75 Å². The van der Waals surface area contributed by atoms with Gasteiger partial charge in [0.1, 0.15) is 5.75 Å². The molecule has 0 bridgehead atoms. The Hall–Kier alpha value is -2.05. The monoisotopic (exact) mass is 530 g/mol. The Morgan fingerprint density at radius 1 is 0.784 bits per heavy atom. The summed E-state index contributed by atoms with van der Waals surface area (Å²) in [6.07, 6.45) is 17.8. The second-order valence-electron chi connectivity index (χ2n) is 10.2. The number of unbranched alkanes of at least 4 members (excludes halogenated alkanes) is 13. The number of nitrogen functional groups attached to an aromatic ring is 1. The zero-order chi connectivity index (χ0) is 26.9. The average molecular weight is 531 g/mol. The molecule has 208 valence electrons. The molecular formula is C31H50N2O3S. The second-order valence-corrected chi connectivity index (χ2v) is 12.1. The molecule has 0 amide bonds. The van der Waals surface area contributed by atoms with Crippen molar-refractivity contribution in [2.75, 3.05) is 19.4 Å². The summed E-state index contributed by atoms with van der Waals surface area (Å²) in [5.74, 6) is 0.480. The van der Waals surface area contributed by atoms with E-state index in [9.17, 15) is 8.42 Å². The lowest BCUT2D eigenvalue weighted by molar-refractivity contribution is 0.332. The molecule has 0 unspecified atom stereocenters. The molecule has 1 atom stereocenters.